The van der Waals surface area contributed by atoms with Crippen LogP contribution in [0.3, 0.4) is 0 Å². The summed E-state index contributed by atoms with van der Waals surface area (Å²) in [6, 6.07) is -0.227. The van der Waals surface area contributed by atoms with Gasteiger partial charge in [-0.1, -0.05) is 0 Å². The maximum atomic E-state index is 12.6. The Morgan fingerprint density at radius 2 is 2.10 bits per heavy atom. The molecule has 0 spiro atoms. The SMILES string of the molecule is Cc1cc(C(F)(F)F)nn1C(C=O)c1nc(C=O)cs1. The van der Waals surface area contributed by atoms with Gasteiger partial charge in [-0.25, -0.2) is 4.98 Å². The van der Waals surface area contributed by atoms with Crippen LogP contribution in [0, 0.1) is 6.92 Å². The summed E-state index contributed by atoms with van der Waals surface area (Å²) in [6.45, 7) is 1.41. The molecule has 0 aromatic carbocycles. The molecule has 0 radical (unpaired) electrons. The fraction of sp³-hybridized carbons (Fsp3) is 0.273. The topological polar surface area (TPSA) is 64.8 Å². The van der Waals surface area contributed by atoms with Gasteiger partial charge in [0, 0.05) is 11.1 Å². The van der Waals surface area contributed by atoms with Gasteiger partial charge in [0.1, 0.15) is 10.7 Å². The van der Waals surface area contributed by atoms with Crippen LogP contribution < -0.4 is 0 Å². The predicted molar refractivity (Wildman–Crippen MR) is 63.7 cm³/mol. The van der Waals surface area contributed by atoms with Crippen molar-refractivity contribution in [3.05, 3.63) is 33.5 Å². The standard InChI is InChI=1S/C11H8F3N3O2S/c1-6-2-9(11(12,13)14)16-17(6)8(4-19)10-15-7(3-18)5-20-10/h2-5,8H,1H3. The van der Waals surface area contributed by atoms with Crippen LogP contribution in [0.25, 0.3) is 0 Å². The van der Waals surface area contributed by atoms with E-state index in [0.717, 1.165) is 22.1 Å². The number of aldehydes is 2. The fourth-order valence-electron chi connectivity index (χ4n) is 1.62. The average molecular weight is 303 g/mol. The Balaban J connectivity index is 2.44. The minimum atomic E-state index is -4.58. The molecule has 0 amide bonds. The van der Waals surface area contributed by atoms with E-state index in [1.54, 1.807) is 0 Å². The zero-order chi connectivity index (χ0) is 14.9. The van der Waals surface area contributed by atoms with Crippen LogP contribution in [0.1, 0.15) is 32.9 Å². The van der Waals surface area contributed by atoms with Crippen LogP contribution in [0.2, 0.25) is 0 Å². The number of hydrogen-bond acceptors (Lipinski definition) is 5. The first-order valence-electron chi connectivity index (χ1n) is 5.36. The first kappa shape index (κ1) is 14.4. The van der Waals surface area contributed by atoms with E-state index in [2.05, 4.69) is 10.1 Å². The maximum Gasteiger partial charge on any atom is 0.435 e. The Bertz CT molecular complexity index is 648. The number of alkyl halides is 3. The van der Waals surface area contributed by atoms with Crippen molar-refractivity contribution in [3.63, 3.8) is 0 Å². The third kappa shape index (κ3) is 2.62. The van der Waals surface area contributed by atoms with E-state index in [4.69, 9.17) is 0 Å². The lowest BCUT2D eigenvalue weighted by Gasteiger charge is -2.10. The van der Waals surface area contributed by atoms with E-state index in [-0.39, 0.29) is 16.4 Å². The molecule has 106 valence electrons. The molecule has 0 N–H and O–H groups in total. The molecule has 0 aliphatic carbocycles. The summed E-state index contributed by atoms with van der Waals surface area (Å²) in [5.41, 5.74) is -0.774. The van der Waals surface area contributed by atoms with Crippen LogP contribution in [-0.4, -0.2) is 27.3 Å². The fourth-order valence-corrected chi connectivity index (χ4v) is 2.42. The number of halogens is 3. The van der Waals surface area contributed by atoms with E-state index >= 15 is 0 Å². The molecule has 20 heavy (non-hydrogen) atoms. The summed E-state index contributed by atoms with van der Waals surface area (Å²) in [6.07, 6.45) is -3.65. The summed E-state index contributed by atoms with van der Waals surface area (Å²) in [5.74, 6) is 0. The molecule has 0 bridgehead atoms. The molecule has 5 nitrogen and oxygen atoms in total. The van der Waals surface area contributed by atoms with Gasteiger partial charge in [-0.15, -0.1) is 11.3 Å². The summed E-state index contributed by atoms with van der Waals surface area (Å²) in [7, 11) is 0. The summed E-state index contributed by atoms with van der Waals surface area (Å²) < 4.78 is 38.7. The lowest BCUT2D eigenvalue weighted by Crippen LogP contribution is -2.16. The average Bonchev–Trinajstić information content (AvgIpc) is 2.98. The van der Waals surface area contributed by atoms with Crippen molar-refractivity contribution in [2.45, 2.75) is 19.1 Å². The Kier molecular flexibility index (Phi) is 3.71. The second-order valence-electron chi connectivity index (χ2n) is 3.92. The first-order chi connectivity index (χ1) is 9.36. The number of aryl methyl sites for hydroxylation is 1. The Morgan fingerprint density at radius 1 is 1.40 bits per heavy atom. The van der Waals surface area contributed by atoms with E-state index < -0.39 is 17.9 Å². The van der Waals surface area contributed by atoms with Gasteiger partial charge in [0.15, 0.2) is 24.3 Å². The van der Waals surface area contributed by atoms with Crippen molar-refractivity contribution < 1.29 is 22.8 Å². The monoisotopic (exact) mass is 303 g/mol. The van der Waals surface area contributed by atoms with Crippen LogP contribution in [0.15, 0.2) is 11.4 Å². The minimum Gasteiger partial charge on any atom is -0.300 e. The highest BCUT2D eigenvalue weighted by atomic mass is 32.1. The summed E-state index contributed by atoms with van der Waals surface area (Å²) in [4.78, 5) is 25.6. The summed E-state index contributed by atoms with van der Waals surface area (Å²) in [5, 5.41) is 5.03. The van der Waals surface area contributed by atoms with Crippen LogP contribution in [0.5, 0.6) is 0 Å². The second-order valence-corrected chi connectivity index (χ2v) is 4.81. The highest BCUT2D eigenvalue weighted by Crippen LogP contribution is 2.30. The Labute approximate surface area is 115 Å². The molecule has 1 atom stereocenters. The number of hydrogen-bond donors (Lipinski definition) is 0. The number of thiazole rings is 1. The molecule has 2 aromatic heterocycles. The summed E-state index contributed by atoms with van der Waals surface area (Å²) >= 11 is 1.01. The molecule has 2 aromatic rings. The van der Waals surface area contributed by atoms with Gasteiger partial charge in [0.05, 0.1) is 0 Å². The molecule has 2 heterocycles. The molecular weight excluding hydrogens is 295 g/mol. The van der Waals surface area contributed by atoms with E-state index in [1.807, 2.05) is 0 Å². The van der Waals surface area contributed by atoms with Gasteiger partial charge in [-0.2, -0.15) is 18.3 Å². The van der Waals surface area contributed by atoms with Gasteiger partial charge in [0.2, 0.25) is 0 Å². The van der Waals surface area contributed by atoms with Crippen molar-refractivity contribution in [1.82, 2.24) is 14.8 Å². The number of aromatic nitrogens is 3. The van der Waals surface area contributed by atoms with Gasteiger partial charge >= 0.3 is 6.18 Å². The molecule has 0 saturated carbocycles. The van der Waals surface area contributed by atoms with Gasteiger partial charge in [0.25, 0.3) is 0 Å². The molecule has 9 heteroatoms. The molecular formula is C11H8F3N3O2S. The van der Waals surface area contributed by atoms with Crippen molar-refractivity contribution in [2.24, 2.45) is 0 Å². The maximum absolute atomic E-state index is 12.6. The highest BCUT2D eigenvalue weighted by Gasteiger charge is 2.35. The van der Waals surface area contributed by atoms with Crippen molar-refractivity contribution in [1.29, 1.82) is 0 Å². The molecule has 0 fully saturated rings. The minimum absolute atomic E-state index is 0.123. The van der Waals surface area contributed by atoms with Crippen LogP contribution in [-0.2, 0) is 11.0 Å². The van der Waals surface area contributed by atoms with Gasteiger partial charge in [-0.05, 0) is 13.0 Å². The normalized spacial score (nSPS) is 13.2. The van der Waals surface area contributed by atoms with Gasteiger partial charge in [-0.3, -0.25) is 9.48 Å². The molecule has 1 unspecified atom stereocenters. The highest BCUT2D eigenvalue weighted by molar-refractivity contribution is 7.10. The predicted octanol–water partition coefficient (Wildman–Crippen LogP) is 2.27. The molecule has 2 rings (SSSR count). The smallest absolute Gasteiger partial charge is 0.300 e. The van der Waals surface area contributed by atoms with Crippen LogP contribution >= 0.6 is 11.3 Å². The van der Waals surface area contributed by atoms with E-state index in [1.165, 1.54) is 12.3 Å². The van der Waals surface area contributed by atoms with Crippen molar-refractivity contribution >= 4 is 23.9 Å². The van der Waals surface area contributed by atoms with E-state index in [0.29, 0.717) is 12.6 Å². The zero-order valence-corrected chi connectivity index (χ0v) is 10.9. The van der Waals surface area contributed by atoms with Crippen molar-refractivity contribution in [2.75, 3.05) is 0 Å². The quantitative estimate of drug-likeness (QED) is 0.813. The third-order valence-corrected chi connectivity index (χ3v) is 3.45. The first-order valence-corrected chi connectivity index (χ1v) is 6.24. The Hall–Kier alpha value is -2.03. The Morgan fingerprint density at radius 3 is 2.55 bits per heavy atom. The largest absolute Gasteiger partial charge is 0.435 e. The third-order valence-electron chi connectivity index (χ3n) is 2.52. The molecule has 0 aliphatic rings. The van der Waals surface area contributed by atoms with E-state index in [9.17, 15) is 22.8 Å². The second kappa shape index (κ2) is 5.16. The molecule has 0 aliphatic heterocycles. The van der Waals surface area contributed by atoms with Gasteiger partial charge < -0.3 is 4.79 Å². The number of rotatable bonds is 4. The number of carbonyl (C=O) groups excluding carboxylic acids is 2. The lowest BCUT2D eigenvalue weighted by atomic mass is 10.3. The zero-order valence-electron chi connectivity index (χ0n) is 10.1. The number of carbonyl (C=O) groups is 2. The molecule has 0 saturated heterocycles. The van der Waals surface area contributed by atoms with Crippen LogP contribution in [0.4, 0.5) is 13.2 Å². The lowest BCUT2D eigenvalue weighted by molar-refractivity contribution is -0.141. The van der Waals surface area contributed by atoms with Crippen molar-refractivity contribution in [3.8, 4) is 0 Å². The number of nitrogens with zero attached hydrogens (tertiary/aromatic N) is 3.